The van der Waals surface area contributed by atoms with Gasteiger partial charge in [0.05, 0.1) is 22.5 Å². The summed E-state index contributed by atoms with van der Waals surface area (Å²) in [5, 5.41) is 4.15. The molecule has 9 nitrogen and oxygen atoms in total. The first-order valence-corrected chi connectivity index (χ1v) is 11.6. The number of carbonyl (C=O) groups excluding carboxylic acids is 1. The second kappa shape index (κ2) is 7.86. The molecule has 1 saturated heterocycles. The summed E-state index contributed by atoms with van der Waals surface area (Å²) < 4.78 is 14.2. The molecule has 2 aliphatic rings. The molecule has 0 N–H and O–H groups in total. The van der Waals surface area contributed by atoms with E-state index in [1.807, 2.05) is 55.3 Å². The number of aryl methyl sites for hydroxylation is 2. The molecule has 0 aliphatic carbocycles. The fraction of sp³-hybridized carbons (Fsp3) is 0.360. The summed E-state index contributed by atoms with van der Waals surface area (Å²) in [6, 6.07) is 9.91. The standard InChI is InChI=1S/C25H26N6O3/c1-15-22(16(2)34-28-15)18-7-8-20-23-24(18)33-14-21(19-6-4-5-9-26-19)31(23)25(27-20)30-12-10-29(11-13-30)17(3)32/h4-9,21H,10-14H2,1-3H3/t21-/m0/s1. The highest BCUT2D eigenvalue weighted by Crippen LogP contribution is 2.45. The Labute approximate surface area is 196 Å². The second-order valence-corrected chi connectivity index (χ2v) is 8.87. The van der Waals surface area contributed by atoms with Gasteiger partial charge in [0, 0.05) is 44.9 Å². The Morgan fingerprint density at radius 2 is 1.91 bits per heavy atom. The van der Waals surface area contributed by atoms with Gasteiger partial charge in [-0.15, -0.1) is 0 Å². The molecule has 34 heavy (non-hydrogen) atoms. The maximum absolute atomic E-state index is 11.9. The van der Waals surface area contributed by atoms with Crippen LogP contribution in [0, 0.1) is 13.8 Å². The van der Waals surface area contributed by atoms with Gasteiger partial charge in [-0.1, -0.05) is 11.2 Å². The third-order valence-electron chi connectivity index (χ3n) is 6.82. The lowest BCUT2D eigenvalue weighted by Crippen LogP contribution is -2.49. The van der Waals surface area contributed by atoms with Crippen molar-refractivity contribution in [1.29, 1.82) is 0 Å². The van der Waals surface area contributed by atoms with E-state index < -0.39 is 0 Å². The Hall–Kier alpha value is -3.88. The van der Waals surface area contributed by atoms with Gasteiger partial charge in [0.25, 0.3) is 0 Å². The van der Waals surface area contributed by atoms with Gasteiger partial charge in [-0.2, -0.15) is 0 Å². The third kappa shape index (κ3) is 3.14. The maximum atomic E-state index is 11.9. The molecule has 1 fully saturated rings. The van der Waals surface area contributed by atoms with Crippen molar-refractivity contribution in [3.8, 4) is 16.9 Å². The number of amides is 1. The summed E-state index contributed by atoms with van der Waals surface area (Å²) in [6.45, 7) is 8.75. The average Bonchev–Trinajstić information content (AvgIpc) is 3.41. The normalized spacial score (nSPS) is 17.8. The molecule has 0 saturated carbocycles. The number of pyridine rings is 1. The number of benzene rings is 1. The van der Waals surface area contributed by atoms with Crippen LogP contribution in [-0.4, -0.2) is 63.3 Å². The predicted octanol–water partition coefficient (Wildman–Crippen LogP) is 3.35. The lowest BCUT2D eigenvalue weighted by atomic mass is 10.0. The Bertz CT molecular complexity index is 1370. The van der Waals surface area contributed by atoms with Crippen LogP contribution < -0.4 is 9.64 Å². The van der Waals surface area contributed by atoms with Gasteiger partial charge in [0.15, 0.2) is 5.75 Å². The highest BCUT2D eigenvalue weighted by Gasteiger charge is 2.34. The number of carbonyl (C=O) groups is 1. The molecular formula is C25H26N6O3. The van der Waals surface area contributed by atoms with Crippen LogP contribution in [0.4, 0.5) is 5.95 Å². The Morgan fingerprint density at radius 1 is 1.09 bits per heavy atom. The molecule has 6 rings (SSSR count). The minimum atomic E-state index is -0.112. The zero-order chi connectivity index (χ0) is 23.4. The van der Waals surface area contributed by atoms with E-state index in [0.717, 1.165) is 64.1 Å². The molecule has 0 spiro atoms. The molecule has 174 valence electrons. The summed E-state index contributed by atoms with van der Waals surface area (Å²) >= 11 is 0. The molecule has 0 unspecified atom stereocenters. The Balaban J connectivity index is 1.54. The van der Waals surface area contributed by atoms with Crippen LogP contribution >= 0.6 is 0 Å². The summed E-state index contributed by atoms with van der Waals surface area (Å²) in [4.78, 5) is 25.7. The third-order valence-corrected chi connectivity index (χ3v) is 6.82. The summed E-state index contributed by atoms with van der Waals surface area (Å²) in [5.41, 5.74) is 5.49. The summed E-state index contributed by atoms with van der Waals surface area (Å²) in [7, 11) is 0. The molecule has 4 aromatic rings. The molecule has 1 amide bonds. The molecular weight excluding hydrogens is 432 g/mol. The van der Waals surface area contributed by atoms with Crippen LogP contribution in [0.3, 0.4) is 0 Å². The van der Waals surface area contributed by atoms with Crippen molar-refractivity contribution in [2.75, 3.05) is 37.7 Å². The van der Waals surface area contributed by atoms with Gasteiger partial charge in [-0.25, -0.2) is 4.98 Å². The van der Waals surface area contributed by atoms with Crippen molar-refractivity contribution in [2.45, 2.75) is 26.8 Å². The lowest BCUT2D eigenvalue weighted by molar-refractivity contribution is -0.129. The lowest BCUT2D eigenvalue weighted by Gasteiger charge is -2.36. The zero-order valence-electron chi connectivity index (χ0n) is 19.5. The van der Waals surface area contributed by atoms with Gasteiger partial charge < -0.3 is 19.1 Å². The van der Waals surface area contributed by atoms with E-state index in [4.69, 9.17) is 14.2 Å². The maximum Gasteiger partial charge on any atom is 0.219 e. The van der Waals surface area contributed by atoms with E-state index in [1.54, 1.807) is 6.92 Å². The Morgan fingerprint density at radius 3 is 2.59 bits per heavy atom. The van der Waals surface area contributed by atoms with Crippen molar-refractivity contribution >= 4 is 22.9 Å². The summed E-state index contributed by atoms with van der Waals surface area (Å²) in [6.07, 6.45) is 1.81. The van der Waals surface area contributed by atoms with Crippen molar-refractivity contribution in [3.05, 3.63) is 53.7 Å². The Kier molecular flexibility index (Phi) is 4.79. The van der Waals surface area contributed by atoms with Crippen LogP contribution in [0.2, 0.25) is 0 Å². The minimum Gasteiger partial charge on any atom is -0.488 e. The van der Waals surface area contributed by atoms with Crippen LogP contribution in [0.15, 0.2) is 41.1 Å². The summed E-state index contributed by atoms with van der Waals surface area (Å²) in [5.74, 6) is 2.55. The van der Waals surface area contributed by atoms with E-state index in [2.05, 4.69) is 19.6 Å². The van der Waals surface area contributed by atoms with Crippen molar-refractivity contribution in [3.63, 3.8) is 0 Å². The first-order chi connectivity index (χ1) is 16.5. The molecule has 0 bridgehead atoms. The van der Waals surface area contributed by atoms with E-state index >= 15 is 0 Å². The largest absolute Gasteiger partial charge is 0.488 e. The molecule has 5 heterocycles. The number of nitrogens with zero attached hydrogens (tertiary/aromatic N) is 6. The SMILES string of the molecule is CC(=O)N1CCN(c2nc3ccc(-c4c(C)noc4C)c4c3n2[C@H](c2ccccn2)CO4)CC1. The van der Waals surface area contributed by atoms with Crippen molar-refractivity contribution < 1.29 is 14.1 Å². The average molecular weight is 459 g/mol. The van der Waals surface area contributed by atoms with Crippen LogP contribution in [0.5, 0.6) is 5.75 Å². The van der Waals surface area contributed by atoms with E-state index in [1.165, 1.54) is 0 Å². The number of imidazole rings is 1. The fourth-order valence-electron chi connectivity index (χ4n) is 5.12. The fourth-order valence-corrected chi connectivity index (χ4v) is 5.12. The highest BCUT2D eigenvalue weighted by molar-refractivity contribution is 5.94. The van der Waals surface area contributed by atoms with E-state index in [0.29, 0.717) is 19.7 Å². The molecule has 2 aliphatic heterocycles. The second-order valence-electron chi connectivity index (χ2n) is 8.87. The zero-order valence-corrected chi connectivity index (χ0v) is 19.5. The van der Waals surface area contributed by atoms with Crippen LogP contribution in [-0.2, 0) is 4.79 Å². The van der Waals surface area contributed by atoms with Crippen LogP contribution in [0.25, 0.3) is 22.2 Å². The molecule has 1 aromatic carbocycles. The quantitative estimate of drug-likeness (QED) is 0.465. The molecule has 1 atom stereocenters. The topological polar surface area (TPSA) is 89.5 Å². The predicted molar refractivity (Wildman–Crippen MR) is 127 cm³/mol. The van der Waals surface area contributed by atoms with Gasteiger partial charge in [0.2, 0.25) is 11.9 Å². The minimum absolute atomic E-state index is 0.112. The monoisotopic (exact) mass is 458 g/mol. The number of ether oxygens (including phenoxy) is 1. The number of piperazine rings is 1. The molecule has 3 aromatic heterocycles. The molecule has 9 heteroatoms. The number of hydrogen-bond acceptors (Lipinski definition) is 7. The molecule has 0 radical (unpaired) electrons. The number of rotatable bonds is 3. The highest BCUT2D eigenvalue weighted by atomic mass is 16.5. The van der Waals surface area contributed by atoms with Crippen LogP contribution in [0.1, 0.15) is 30.1 Å². The number of anilines is 1. The number of hydrogen-bond donors (Lipinski definition) is 0. The van der Waals surface area contributed by atoms with Crippen molar-refractivity contribution in [1.82, 2.24) is 24.6 Å². The van der Waals surface area contributed by atoms with Gasteiger partial charge in [-0.05, 0) is 38.1 Å². The van der Waals surface area contributed by atoms with Gasteiger partial charge in [0.1, 0.15) is 23.9 Å². The first-order valence-electron chi connectivity index (χ1n) is 11.6. The number of aromatic nitrogens is 4. The first kappa shape index (κ1) is 20.7. The van der Waals surface area contributed by atoms with Gasteiger partial charge in [-0.3, -0.25) is 14.3 Å². The van der Waals surface area contributed by atoms with E-state index in [9.17, 15) is 4.79 Å². The smallest absolute Gasteiger partial charge is 0.219 e. The van der Waals surface area contributed by atoms with Crippen molar-refractivity contribution in [2.24, 2.45) is 0 Å². The van der Waals surface area contributed by atoms with E-state index in [-0.39, 0.29) is 11.9 Å². The van der Waals surface area contributed by atoms with Gasteiger partial charge >= 0.3 is 0 Å².